The molecule has 6 heteroatoms. The second kappa shape index (κ2) is 8.43. The summed E-state index contributed by atoms with van der Waals surface area (Å²) in [6.45, 7) is 5.55. The number of halogens is 1. The van der Waals surface area contributed by atoms with Crippen LogP contribution in [0.4, 0.5) is 11.4 Å². The minimum atomic E-state index is -0.614. The Morgan fingerprint density at radius 3 is 2.50 bits per heavy atom. The van der Waals surface area contributed by atoms with Crippen LogP contribution in [0.25, 0.3) is 0 Å². The molecule has 1 atom stereocenters. The summed E-state index contributed by atoms with van der Waals surface area (Å²) in [6, 6.07) is 14.9. The molecule has 0 saturated carbocycles. The van der Waals surface area contributed by atoms with Gasteiger partial charge in [0.05, 0.1) is 11.4 Å². The molecule has 0 aromatic heterocycles. The molecule has 0 bridgehead atoms. The quantitative estimate of drug-likeness (QED) is 0.871. The van der Waals surface area contributed by atoms with Gasteiger partial charge in [-0.1, -0.05) is 29.8 Å². The summed E-state index contributed by atoms with van der Waals surface area (Å²) >= 11 is 6.16. The molecule has 1 heterocycles. The van der Waals surface area contributed by atoms with Crippen molar-refractivity contribution in [3.8, 4) is 5.75 Å². The predicted molar refractivity (Wildman–Crippen MR) is 106 cm³/mol. The molecule has 1 aliphatic heterocycles. The van der Waals surface area contributed by atoms with Crippen LogP contribution in [-0.2, 0) is 4.79 Å². The number of ether oxygens (including phenoxy) is 1. The fraction of sp³-hybridized carbons (Fsp3) is 0.350. The summed E-state index contributed by atoms with van der Waals surface area (Å²) in [6.07, 6.45) is -0.614. The Morgan fingerprint density at radius 1 is 1.12 bits per heavy atom. The molecule has 5 nitrogen and oxygen atoms in total. The molecule has 1 aliphatic rings. The predicted octanol–water partition coefficient (Wildman–Crippen LogP) is 3.50. The molecular formula is C20H24ClN3O2. The van der Waals surface area contributed by atoms with E-state index < -0.39 is 6.10 Å². The number of rotatable bonds is 5. The Morgan fingerprint density at radius 2 is 1.81 bits per heavy atom. The first-order chi connectivity index (χ1) is 12.5. The largest absolute Gasteiger partial charge is 0.481 e. The van der Waals surface area contributed by atoms with Crippen molar-refractivity contribution in [2.45, 2.75) is 13.0 Å². The van der Waals surface area contributed by atoms with Gasteiger partial charge in [-0.25, -0.2) is 0 Å². The molecule has 2 aromatic rings. The van der Waals surface area contributed by atoms with E-state index in [1.54, 1.807) is 13.0 Å². The topological polar surface area (TPSA) is 44.8 Å². The van der Waals surface area contributed by atoms with Crippen LogP contribution in [0.15, 0.2) is 48.5 Å². The number of carbonyl (C=O) groups excluding carboxylic acids is 1. The number of anilines is 2. The van der Waals surface area contributed by atoms with E-state index >= 15 is 0 Å². The Bertz CT molecular complexity index is 746. The maximum atomic E-state index is 12.6. The van der Waals surface area contributed by atoms with Crippen molar-refractivity contribution >= 4 is 28.9 Å². The number of hydrogen-bond donors (Lipinski definition) is 1. The van der Waals surface area contributed by atoms with Crippen LogP contribution in [0.3, 0.4) is 0 Å². The summed E-state index contributed by atoms with van der Waals surface area (Å²) in [5.41, 5.74) is 1.71. The zero-order valence-electron chi connectivity index (χ0n) is 15.1. The Balaban J connectivity index is 1.72. The third-order valence-electron chi connectivity index (χ3n) is 4.49. The van der Waals surface area contributed by atoms with E-state index in [-0.39, 0.29) is 5.91 Å². The number of hydrogen-bond acceptors (Lipinski definition) is 4. The molecule has 138 valence electrons. The number of carbonyl (C=O) groups is 1. The van der Waals surface area contributed by atoms with E-state index in [2.05, 4.69) is 22.2 Å². The highest BCUT2D eigenvalue weighted by Crippen LogP contribution is 2.30. The summed E-state index contributed by atoms with van der Waals surface area (Å²) in [5, 5.41) is 3.57. The minimum absolute atomic E-state index is 0.202. The van der Waals surface area contributed by atoms with Gasteiger partial charge in [-0.3, -0.25) is 4.79 Å². The van der Waals surface area contributed by atoms with Crippen LogP contribution < -0.4 is 15.0 Å². The van der Waals surface area contributed by atoms with Gasteiger partial charge in [-0.2, -0.15) is 0 Å². The van der Waals surface area contributed by atoms with E-state index in [1.807, 2.05) is 42.5 Å². The lowest BCUT2D eigenvalue weighted by Gasteiger charge is -2.35. The average molecular weight is 374 g/mol. The van der Waals surface area contributed by atoms with Gasteiger partial charge in [0.25, 0.3) is 5.91 Å². The number of nitrogens with one attached hydrogen (secondary N) is 1. The number of amides is 1. The van der Waals surface area contributed by atoms with Crippen molar-refractivity contribution in [1.29, 1.82) is 0 Å². The normalized spacial score (nSPS) is 16.2. The summed E-state index contributed by atoms with van der Waals surface area (Å²) in [5.74, 6) is 0.465. The first-order valence-electron chi connectivity index (χ1n) is 8.78. The van der Waals surface area contributed by atoms with Gasteiger partial charge >= 0.3 is 0 Å². The number of nitrogens with zero attached hydrogens (tertiary/aromatic N) is 2. The first-order valence-corrected chi connectivity index (χ1v) is 9.16. The van der Waals surface area contributed by atoms with Crippen LogP contribution in [0.2, 0.25) is 5.02 Å². The molecule has 0 aliphatic carbocycles. The molecule has 1 saturated heterocycles. The van der Waals surface area contributed by atoms with Crippen molar-refractivity contribution in [1.82, 2.24) is 4.90 Å². The smallest absolute Gasteiger partial charge is 0.265 e. The van der Waals surface area contributed by atoms with Gasteiger partial charge in [-0.15, -0.1) is 0 Å². The molecule has 0 unspecified atom stereocenters. The van der Waals surface area contributed by atoms with Crippen molar-refractivity contribution in [3.63, 3.8) is 0 Å². The van der Waals surface area contributed by atoms with E-state index in [9.17, 15) is 4.79 Å². The Kier molecular flexibility index (Phi) is 6.01. The number of para-hydroxylation sites is 1. The van der Waals surface area contributed by atoms with Gasteiger partial charge < -0.3 is 19.9 Å². The molecule has 0 spiro atoms. The summed E-state index contributed by atoms with van der Waals surface area (Å²) in [4.78, 5) is 17.2. The molecule has 3 rings (SSSR count). The third-order valence-corrected chi connectivity index (χ3v) is 4.72. The highest BCUT2D eigenvalue weighted by molar-refractivity contribution is 6.31. The molecule has 1 amide bonds. The lowest BCUT2D eigenvalue weighted by Crippen LogP contribution is -2.44. The average Bonchev–Trinajstić information content (AvgIpc) is 2.63. The second-order valence-electron chi connectivity index (χ2n) is 6.51. The van der Waals surface area contributed by atoms with Crippen LogP contribution in [0, 0.1) is 0 Å². The molecule has 0 radical (unpaired) electrons. The zero-order chi connectivity index (χ0) is 18.5. The number of likely N-dealkylation sites (N-methyl/N-ethyl adjacent to an activating group) is 1. The molecule has 1 fully saturated rings. The van der Waals surface area contributed by atoms with Crippen molar-refractivity contribution < 1.29 is 9.53 Å². The molecule has 2 aromatic carbocycles. The fourth-order valence-electron chi connectivity index (χ4n) is 2.92. The number of piperazine rings is 1. The highest BCUT2D eigenvalue weighted by Gasteiger charge is 2.21. The standard InChI is InChI=1S/C20H24ClN3O2/c1-15(26-17-6-4-3-5-7-17)20(25)22-18-14-16(21)8-9-19(18)24-12-10-23(2)11-13-24/h3-9,14-15H,10-13H2,1-2H3,(H,22,25)/t15-/m0/s1. The molecule has 26 heavy (non-hydrogen) atoms. The van der Waals surface area contributed by atoms with Gasteiger partial charge in [0.1, 0.15) is 5.75 Å². The molecular weight excluding hydrogens is 350 g/mol. The van der Waals surface area contributed by atoms with Crippen LogP contribution in [0.1, 0.15) is 6.92 Å². The van der Waals surface area contributed by atoms with E-state index in [0.29, 0.717) is 10.8 Å². The van der Waals surface area contributed by atoms with Gasteiger partial charge in [0, 0.05) is 31.2 Å². The Labute approximate surface area is 159 Å². The highest BCUT2D eigenvalue weighted by atomic mass is 35.5. The minimum Gasteiger partial charge on any atom is -0.481 e. The van der Waals surface area contributed by atoms with Gasteiger partial charge in [0.2, 0.25) is 0 Å². The van der Waals surface area contributed by atoms with Gasteiger partial charge in [-0.05, 0) is 44.3 Å². The van der Waals surface area contributed by atoms with E-state index in [4.69, 9.17) is 16.3 Å². The SMILES string of the molecule is C[C@H](Oc1ccccc1)C(=O)Nc1cc(Cl)ccc1N1CCN(C)CC1. The summed E-state index contributed by atoms with van der Waals surface area (Å²) < 4.78 is 5.71. The van der Waals surface area contributed by atoms with E-state index in [0.717, 1.165) is 37.6 Å². The second-order valence-corrected chi connectivity index (χ2v) is 6.95. The van der Waals surface area contributed by atoms with Gasteiger partial charge in [0.15, 0.2) is 6.10 Å². The van der Waals surface area contributed by atoms with Crippen molar-refractivity contribution in [3.05, 3.63) is 53.6 Å². The maximum absolute atomic E-state index is 12.6. The van der Waals surface area contributed by atoms with Crippen LogP contribution in [0.5, 0.6) is 5.75 Å². The summed E-state index contributed by atoms with van der Waals surface area (Å²) in [7, 11) is 2.12. The van der Waals surface area contributed by atoms with Crippen molar-refractivity contribution in [2.24, 2.45) is 0 Å². The van der Waals surface area contributed by atoms with Crippen LogP contribution >= 0.6 is 11.6 Å². The third kappa shape index (κ3) is 4.68. The lowest BCUT2D eigenvalue weighted by molar-refractivity contribution is -0.122. The van der Waals surface area contributed by atoms with Crippen LogP contribution in [-0.4, -0.2) is 50.1 Å². The Hall–Kier alpha value is -2.24. The first kappa shape index (κ1) is 18.5. The number of benzene rings is 2. The maximum Gasteiger partial charge on any atom is 0.265 e. The fourth-order valence-corrected chi connectivity index (χ4v) is 3.09. The molecule has 1 N–H and O–H groups in total. The monoisotopic (exact) mass is 373 g/mol. The van der Waals surface area contributed by atoms with Crippen molar-refractivity contribution in [2.75, 3.05) is 43.4 Å². The zero-order valence-corrected chi connectivity index (χ0v) is 15.9. The van der Waals surface area contributed by atoms with E-state index in [1.165, 1.54) is 0 Å². The lowest BCUT2D eigenvalue weighted by atomic mass is 10.2.